The lowest BCUT2D eigenvalue weighted by Gasteiger charge is -2.10. The summed E-state index contributed by atoms with van der Waals surface area (Å²) >= 11 is 0. The molecule has 0 unspecified atom stereocenters. The molecule has 1 heterocycles. The van der Waals surface area contributed by atoms with Gasteiger partial charge in [-0.05, 0) is 19.1 Å². The third-order valence-electron chi connectivity index (χ3n) is 4.00. The van der Waals surface area contributed by atoms with Crippen LogP contribution in [0.5, 0.6) is 0 Å². The van der Waals surface area contributed by atoms with Crippen molar-refractivity contribution < 1.29 is 19.2 Å². The van der Waals surface area contributed by atoms with Gasteiger partial charge in [-0.1, -0.05) is 47.1 Å². The van der Waals surface area contributed by atoms with Gasteiger partial charge in [0.15, 0.2) is 0 Å². The van der Waals surface area contributed by atoms with Crippen LogP contribution in [0, 0.1) is 6.92 Å². The number of amides is 1. The van der Waals surface area contributed by atoms with Gasteiger partial charge >= 0.3 is 5.97 Å². The van der Waals surface area contributed by atoms with Crippen molar-refractivity contribution >= 4 is 17.6 Å². The van der Waals surface area contributed by atoms with E-state index in [1.807, 2.05) is 31.2 Å². The number of carboxylic acid groups (broad SMARTS) is 1. The van der Waals surface area contributed by atoms with Gasteiger partial charge in [-0.15, -0.1) is 0 Å². The molecule has 8 nitrogen and oxygen atoms in total. The number of nitrogens with zero attached hydrogens (tertiary/aromatic N) is 2. The Labute approximate surface area is 161 Å². The van der Waals surface area contributed by atoms with Crippen LogP contribution in [0.1, 0.15) is 21.8 Å². The molecule has 144 valence electrons. The highest BCUT2D eigenvalue weighted by atomic mass is 16.5. The Balaban J connectivity index is 1.56. The molecule has 0 bridgehead atoms. The molecule has 0 spiro atoms. The molecule has 28 heavy (non-hydrogen) atoms. The zero-order chi connectivity index (χ0) is 19.9. The summed E-state index contributed by atoms with van der Waals surface area (Å²) in [7, 11) is 0. The van der Waals surface area contributed by atoms with Gasteiger partial charge < -0.3 is 20.3 Å². The third kappa shape index (κ3) is 4.94. The van der Waals surface area contributed by atoms with Gasteiger partial charge in [0.1, 0.15) is 6.54 Å². The van der Waals surface area contributed by atoms with Crippen molar-refractivity contribution in [3.8, 4) is 11.4 Å². The maximum atomic E-state index is 12.4. The van der Waals surface area contributed by atoms with E-state index in [1.54, 1.807) is 24.3 Å². The molecule has 3 rings (SSSR count). The molecule has 2 aromatic carbocycles. The largest absolute Gasteiger partial charge is 0.480 e. The molecule has 0 fully saturated rings. The van der Waals surface area contributed by atoms with Gasteiger partial charge in [-0.3, -0.25) is 9.59 Å². The van der Waals surface area contributed by atoms with E-state index in [0.29, 0.717) is 35.9 Å². The van der Waals surface area contributed by atoms with Crippen LogP contribution in [-0.2, 0) is 11.2 Å². The lowest BCUT2D eigenvalue weighted by molar-refractivity contribution is -0.134. The minimum atomic E-state index is -1.00. The van der Waals surface area contributed by atoms with Crippen LogP contribution in [-0.4, -0.2) is 40.2 Å². The molecule has 0 saturated carbocycles. The van der Waals surface area contributed by atoms with Crippen molar-refractivity contribution in [1.82, 2.24) is 15.5 Å². The zero-order valence-electron chi connectivity index (χ0n) is 15.3. The molecule has 0 saturated heterocycles. The van der Waals surface area contributed by atoms with Crippen LogP contribution in [0.25, 0.3) is 11.4 Å². The first-order valence-corrected chi connectivity index (χ1v) is 8.75. The highest BCUT2D eigenvalue weighted by Crippen LogP contribution is 2.17. The number of anilines is 1. The predicted octanol–water partition coefficient (Wildman–Crippen LogP) is 2.51. The van der Waals surface area contributed by atoms with Gasteiger partial charge in [0.2, 0.25) is 11.7 Å². The van der Waals surface area contributed by atoms with Crippen LogP contribution in [0.4, 0.5) is 5.69 Å². The zero-order valence-corrected chi connectivity index (χ0v) is 15.3. The van der Waals surface area contributed by atoms with E-state index >= 15 is 0 Å². The molecule has 0 radical (unpaired) electrons. The SMILES string of the molecule is Cc1ccc(-c2noc(CCNC(=O)c3ccccc3NCC(=O)O)n2)cc1. The second-order valence-electron chi connectivity index (χ2n) is 6.18. The monoisotopic (exact) mass is 380 g/mol. The first-order valence-electron chi connectivity index (χ1n) is 8.75. The molecule has 8 heteroatoms. The maximum Gasteiger partial charge on any atom is 0.322 e. The number of carbonyl (C=O) groups is 2. The number of rotatable bonds is 8. The van der Waals surface area contributed by atoms with E-state index in [-0.39, 0.29) is 12.5 Å². The lowest BCUT2D eigenvalue weighted by atomic mass is 10.1. The quantitative estimate of drug-likeness (QED) is 0.549. The Kier molecular flexibility index (Phi) is 6.01. The van der Waals surface area contributed by atoms with Crippen LogP contribution in [0.15, 0.2) is 53.1 Å². The minimum absolute atomic E-state index is 0.270. The minimum Gasteiger partial charge on any atom is -0.480 e. The second kappa shape index (κ2) is 8.81. The standard InChI is InChI=1S/C20H20N4O4/c1-13-6-8-14(9-7-13)19-23-17(28-24-19)10-11-21-20(27)15-4-2-3-5-16(15)22-12-18(25)26/h2-9,22H,10-12H2,1H3,(H,21,27)(H,25,26). The van der Waals surface area contributed by atoms with E-state index in [0.717, 1.165) is 11.1 Å². The molecule has 1 amide bonds. The van der Waals surface area contributed by atoms with E-state index in [2.05, 4.69) is 20.8 Å². The summed E-state index contributed by atoms with van der Waals surface area (Å²) in [6, 6.07) is 14.5. The van der Waals surface area contributed by atoms with E-state index in [1.165, 1.54) is 0 Å². The van der Waals surface area contributed by atoms with Gasteiger partial charge in [0.25, 0.3) is 5.91 Å². The Morgan fingerprint density at radius 3 is 2.61 bits per heavy atom. The fourth-order valence-electron chi connectivity index (χ4n) is 2.56. The number of aliphatic carboxylic acids is 1. The van der Waals surface area contributed by atoms with Crippen LogP contribution < -0.4 is 10.6 Å². The molecule has 3 aromatic rings. The maximum absolute atomic E-state index is 12.4. The normalized spacial score (nSPS) is 10.5. The summed E-state index contributed by atoms with van der Waals surface area (Å²) in [5.41, 5.74) is 2.84. The molecular formula is C20H20N4O4. The molecule has 3 N–H and O–H groups in total. The molecular weight excluding hydrogens is 360 g/mol. The van der Waals surface area contributed by atoms with Crippen molar-refractivity contribution in [3.05, 3.63) is 65.5 Å². The average Bonchev–Trinajstić information content (AvgIpc) is 3.16. The van der Waals surface area contributed by atoms with Crippen molar-refractivity contribution in [2.24, 2.45) is 0 Å². The summed E-state index contributed by atoms with van der Waals surface area (Å²) < 4.78 is 5.24. The number of carboxylic acids is 1. The van der Waals surface area contributed by atoms with Crippen molar-refractivity contribution in [2.45, 2.75) is 13.3 Å². The molecule has 0 aliphatic heterocycles. The number of benzene rings is 2. The average molecular weight is 380 g/mol. The van der Waals surface area contributed by atoms with Crippen LogP contribution >= 0.6 is 0 Å². The van der Waals surface area contributed by atoms with Gasteiger partial charge in [0, 0.05) is 24.2 Å². The van der Waals surface area contributed by atoms with E-state index in [4.69, 9.17) is 9.63 Å². The fraction of sp³-hybridized carbons (Fsp3) is 0.200. The number of hydrogen-bond acceptors (Lipinski definition) is 6. The molecule has 0 aliphatic carbocycles. The highest BCUT2D eigenvalue weighted by molar-refractivity contribution is 5.99. The van der Waals surface area contributed by atoms with E-state index < -0.39 is 5.97 Å². The van der Waals surface area contributed by atoms with Crippen molar-refractivity contribution in [1.29, 1.82) is 0 Å². The van der Waals surface area contributed by atoms with Crippen LogP contribution in [0.2, 0.25) is 0 Å². The van der Waals surface area contributed by atoms with Gasteiger partial charge in [-0.25, -0.2) is 0 Å². The lowest BCUT2D eigenvalue weighted by Crippen LogP contribution is -2.27. The van der Waals surface area contributed by atoms with Crippen molar-refractivity contribution in [3.63, 3.8) is 0 Å². The molecule has 1 aromatic heterocycles. The summed E-state index contributed by atoms with van der Waals surface area (Å²) in [5.74, 6) is -0.388. The van der Waals surface area contributed by atoms with Crippen LogP contribution in [0.3, 0.4) is 0 Å². The summed E-state index contributed by atoms with van der Waals surface area (Å²) in [6.07, 6.45) is 0.384. The Morgan fingerprint density at radius 1 is 1.11 bits per heavy atom. The van der Waals surface area contributed by atoms with Gasteiger partial charge in [0.05, 0.1) is 5.56 Å². The van der Waals surface area contributed by atoms with E-state index in [9.17, 15) is 9.59 Å². The van der Waals surface area contributed by atoms with Gasteiger partial charge in [-0.2, -0.15) is 4.98 Å². The number of aryl methyl sites for hydroxylation is 1. The first-order chi connectivity index (χ1) is 13.5. The summed E-state index contributed by atoms with van der Waals surface area (Å²) in [6.45, 7) is 2.04. The number of carbonyl (C=O) groups excluding carboxylic acids is 1. The smallest absolute Gasteiger partial charge is 0.322 e. The number of aromatic nitrogens is 2. The Bertz CT molecular complexity index is 966. The Hall–Kier alpha value is -3.68. The number of para-hydroxylation sites is 1. The third-order valence-corrected chi connectivity index (χ3v) is 4.00. The second-order valence-corrected chi connectivity index (χ2v) is 6.18. The van der Waals surface area contributed by atoms with Crippen molar-refractivity contribution in [2.75, 3.05) is 18.4 Å². The predicted molar refractivity (Wildman–Crippen MR) is 103 cm³/mol. The first kappa shape index (κ1) is 19.1. The number of hydrogen-bond donors (Lipinski definition) is 3. The summed E-state index contributed by atoms with van der Waals surface area (Å²) in [4.78, 5) is 27.5. The number of nitrogens with one attached hydrogen (secondary N) is 2. The highest BCUT2D eigenvalue weighted by Gasteiger charge is 2.13. The topological polar surface area (TPSA) is 117 Å². The molecule has 0 aliphatic rings. The Morgan fingerprint density at radius 2 is 1.86 bits per heavy atom. The fourth-order valence-corrected chi connectivity index (χ4v) is 2.56. The molecule has 0 atom stereocenters. The summed E-state index contributed by atoms with van der Waals surface area (Å²) in [5, 5.41) is 18.2.